The van der Waals surface area contributed by atoms with Crippen molar-refractivity contribution in [2.24, 2.45) is 0 Å². The second-order valence-corrected chi connectivity index (χ2v) is 6.96. The first-order valence-electron chi connectivity index (χ1n) is 9.11. The molecule has 1 saturated carbocycles. The number of alkyl halides is 2. The number of rotatable bonds is 6. The predicted molar refractivity (Wildman–Crippen MR) is 93.6 cm³/mol. The molecule has 3 heterocycles. The summed E-state index contributed by atoms with van der Waals surface area (Å²) < 4.78 is 59.0. The standard InChI is InChI=1S/C18H12F4N8O/c19-12-9(1-2-10(13(12)20)15-25-26-16(31-15)14(21)22)8-30-28-17(27-29-30)18(3-4-18)11-7-23-5-6-24-11/h1-2,5-7,14H,3-4,8H2. The fourth-order valence-corrected chi connectivity index (χ4v) is 3.23. The normalized spacial score (nSPS) is 14.9. The van der Waals surface area contributed by atoms with Gasteiger partial charge in [-0.2, -0.15) is 13.6 Å². The maximum atomic E-state index is 14.6. The highest BCUT2D eigenvalue weighted by Crippen LogP contribution is 2.50. The summed E-state index contributed by atoms with van der Waals surface area (Å²) in [6.45, 7) is -0.196. The zero-order valence-corrected chi connectivity index (χ0v) is 15.6. The average Bonchev–Trinajstić information content (AvgIpc) is 3.19. The van der Waals surface area contributed by atoms with Crippen LogP contribution in [0.15, 0.2) is 35.1 Å². The van der Waals surface area contributed by atoms with Gasteiger partial charge in [-0.1, -0.05) is 6.07 Å². The molecule has 3 aromatic heterocycles. The van der Waals surface area contributed by atoms with Crippen LogP contribution in [0.3, 0.4) is 0 Å². The number of benzene rings is 1. The molecule has 0 radical (unpaired) electrons. The molecule has 13 heteroatoms. The minimum atomic E-state index is -3.02. The molecule has 158 valence electrons. The van der Waals surface area contributed by atoms with Gasteiger partial charge in [-0.15, -0.1) is 20.4 Å². The monoisotopic (exact) mass is 432 g/mol. The van der Waals surface area contributed by atoms with Crippen molar-refractivity contribution >= 4 is 0 Å². The zero-order valence-electron chi connectivity index (χ0n) is 15.6. The van der Waals surface area contributed by atoms with Gasteiger partial charge in [0, 0.05) is 24.2 Å². The van der Waals surface area contributed by atoms with Gasteiger partial charge in [-0.3, -0.25) is 9.97 Å². The van der Waals surface area contributed by atoms with Crippen molar-refractivity contribution in [3.8, 4) is 11.5 Å². The van der Waals surface area contributed by atoms with Gasteiger partial charge in [0.1, 0.15) is 0 Å². The van der Waals surface area contributed by atoms with Crippen LogP contribution >= 0.6 is 0 Å². The molecule has 0 unspecified atom stereocenters. The molecular weight excluding hydrogens is 420 g/mol. The predicted octanol–water partition coefficient (Wildman–Crippen LogP) is 2.86. The topological polar surface area (TPSA) is 108 Å². The Labute approximate surface area is 171 Å². The van der Waals surface area contributed by atoms with Gasteiger partial charge in [0.2, 0.25) is 0 Å². The summed E-state index contributed by atoms with van der Waals surface area (Å²) in [5, 5.41) is 18.7. The molecule has 0 bridgehead atoms. The molecular formula is C18H12F4N8O. The van der Waals surface area contributed by atoms with Crippen LogP contribution in [0.1, 0.15) is 42.2 Å². The van der Waals surface area contributed by atoms with Crippen molar-refractivity contribution in [1.29, 1.82) is 0 Å². The largest absolute Gasteiger partial charge is 0.415 e. The van der Waals surface area contributed by atoms with Crippen LogP contribution in [0.5, 0.6) is 0 Å². The molecule has 1 fully saturated rings. The van der Waals surface area contributed by atoms with Crippen LogP contribution in [0.2, 0.25) is 0 Å². The van der Waals surface area contributed by atoms with E-state index in [4.69, 9.17) is 0 Å². The minimum absolute atomic E-state index is 0.0665. The Morgan fingerprint density at radius 1 is 1.06 bits per heavy atom. The lowest BCUT2D eigenvalue weighted by Crippen LogP contribution is -2.14. The van der Waals surface area contributed by atoms with E-state index in [1.165, 1.54) is 6.07 Å². The maximum Gasteiger partial charge on any atom is 0.314 e. The minimum Gasteiger partial charge on any atom is -0.415 e. The lowest BCUT2D eigenvalue weighted by Gasteiger charge is -2.08. The smallest absolute Gasteiger partial charge is 0.314 e. The molecule has 0 spiro atoms. The number of hydrogen-bond acceptors (Lipinski definition) is 8. The molecule has 31 heavy (non-hydrogen) atoms. The van der Waals surface area contributed by atoms with E-state index in [0.717, 1.165) is 29.4 Å². The molecule has 0 atom stereocenters. The summed E-state index contributed by atoms with van der Waals surface area (Å²) in [6.07, 6.45) is 3.32. The molecule has 0 saturated heterocycles. The lowest BCUT2D eigenvalue weighted by atomic mass is 10.0. The van der Waals surface area contributed by atoms with Crippen molar-refractivity contribution in [2.45, 2.75) is 31.2 Å². The first-order valence-corrected chi connectivity index (χ1v) is 9.11. The number of tetrazole rings is 1. The maximum absolute atomic E-state index is 14.6. The van der Waals surface area contributed by atoms with Crippen LogP contribution in [-0.2, 0) is 12.0 Å². The number of nitrogens with zero attached hydrogens (tertiary/aromatic N) is 8. The fourth-order valence-electron chi connectivity index (χ4n) is 3.23. The number of aromatic nitrogens is 8. The summed E-state index contributed by atoms with van der Waals surface area (Å²) in [5.74, 6) is -3.60. The summed E-state index contributed by atoms with van der Waals surface area (Å²) in [7, 11) is 0. The van der Waals surface area contributed by atoms with E-state index in [-0.39, 0.29) is 12.1 Å². The van der Waals surface area contributed by atoms with Crippen molar-refractivity contribution in [3.63, 3.8) is 0 Å². The van der Waals surface area contributed by atoms with Crippen LogP contribution in [-0.4, -0.2) is 40.4 Å². The molecule has 5 rings (SSSR count). The van der Waals surface area contributed by atoms with Crippen molar-refractivity contribution in [3.05, 3.63) is 65.3 Å². The molecule has 1 aliphatic carbocycles. The van der Waals surface area contributed by atoms with Gasteiger partial charge in [0.05, 0.1) is 23.2 Å². The van der Waals surface area contributed by atoms with Gasteiger partial charge >= 0.3 is 6.43 Å². The van der Waals surface area contributed by atoms with E-state index < -0.39 is 40.8 Å². The Morgan fingerprint density at radius 3 is 2.58 bits per heavy atom. The quantitative estimate of drug-likeness (QED) is 0.428. The highest BCUT2D eigenvalue weighted by atomic mass is 19.3. The van der Waals surface area contributed by atoms with Crippen molar-refractivity contribution in [2.75, 3.05) is 0 Å². The molecule has 1 aromatic carbocycles. The Balaban J connectivity index is 1.39. The molecule has 1 aliphatic rings. The van der Waals surface area contributed by atoms with Gasteiger partial charge in [0.25, 0.3) is 11.8 Å². The lowest BCUT2D eigenvalue weighted by molar-refractivity contribution is 0.116. The summed E-state index contributed by atoms with van der Waals surface area (Å²) in [4.78, 5) is 9.51. The first-order chi connectivity index (χ1) is 15.0. The third-order valence-corrected chi connectivity index (χ3v) is 5.02. The molecule has 0 amide bonds. The van der Waals surface area contributed by atoms with Crippen LogP contribution in [0.4, 0.5) is 17.6 Å². The van der Waals surface area contributed by atoms with Crippen molar-refractivity contribution < 1.29 is 22.0 Å². The summed E-state index contributed by atoms with van der Waals surface area (Å²) >= 11 is 0. The second kappa shape index (κ2) is 7.18. The number of halogens is 4. The summed E-state index contributed by atoms with van der Waals surface area (Å²) in [6, 6.07) is 2.43. The summed E-state index contributed by atoms with van der Waals surface area (Å²) in [5.41, 5.74) is -0.241. The third-order valence-electron chi connectivity index (χ3n) is 5.02. The molecule has 4 aromatic rings. The number of hydrogen-bond donors (Lipinski definition) is 0. The van der Waals surface area contributed by atoms with E-state index in [0.29, 0.717) is 5.82 Å². The van der Waals surface area contributed by atoms with Gasteiger partial charge in [0.15, 0.2) is 17.5 Å². The van der Waals surface area contributed by atoms with Crippen LogP contribution in [0, 0.1) is 11.6 Å². The van der Waals surface area contributed by atoms with E-state index in [9.17, 15) is 17.6 Å². The molecule has 9 nitrogen and oxygen atoms in total. The highest BCUT2D eigenvalue weighted by Gasteiger charge is 2.51. The fraction of sp³-hybridized carbons (Fsp3) is 0.278. The van der Waals surface area contributed by atoms with Crippen molar-refractivity contribution in [1.82, 2.24) is 40.4 Å². The average molecular weight is 432 g/mol. The Bertz CT molecular complexity index is 1240. The Hall–Kier alpha value is -3.77. The van der Waals surface area contributed by atoms with Gasteiger partial charge in [-0.25, -0.2) is 8.78 Å². The van der Waals surface area contributed by atoms with Crippen LogP contribution in [0.25, 0.3) is 11.5 Å². The van der Waals surface area contributed by atoms with Crippen LogP contribution < -0.4 is 0 Å². The van der Waals surface area contributed by atoms with Gasteiger partial charge in [-0.05, 0) is 24.1 Å². The SMILES string of the molecule is Fc1c(Cn2nnc(C3(c4cnccn4)CC3)n2)ccc(-c2nnc(C(F)F)o2)c1F. The molecule has 0 N–H and O–H groups in total. The van der Waals surface area contributed by atoms with Gasteiger partial charge < -0.3 is 4.42 Å². The van der Waals surface area contributed by atoms with E-state index in [1.807, 2.05) is 0 Å². The van der Waals surface area contributed by atoms with E-state index in [1.54, 1.807) is 18.6 Å². The Morgan fingerprint density at radius 2 is 1.90 bits per heavy atom. The van der Waals surface area contributed by atoms with E-state index >= 15 is 0 Å². The second-order valence-electron chi connectivity index (χ2n) is 6.96. The third kappa shape index (κ3) is 3.31. The first kappa shape index (κ1) is 19.2. The van der Waals surface area contributed by atoms with E-state index in [2.05, 4.69) is 40.0 Å². The Kier molecular flexibility index (Phi) is 4.45. The zero-order chi connectivity index (χ0) is 21.6. The highest BCUT2D eigenvalue weighted by molar-refractivity contribution is 5.54. The molecule has 0 aliphatic heterocycles.